The molecule has 9 nitrogen and oxygen atoms in total. The highest BCUT2D eigenvalue weighted by Crippen LogP contribution is 2.38. The molecule has 0 aliphatic heterocycles. The molecule has 0 saturated heterocycles. The number of likely N-dealkylation sites (N-methyl/N-ethyl adjacent to an activating group) is 1. The molecular formula is C67H121N2O7P. The van der Waals surface area contributed by atoms with E-state index < -0.39 is 26.6 Å². The zero-order valence-corrected chi connectivity index (χ0v) is 51.8. The number of hydrogen-bond acceptors (Lipinski definition) is 7. The third-order valence-electron chi connectivity index (χ3n) is 13.8. The van der Waals surface area contributed by atoms with Gasteiger partial charge in [-0.1, -0.05) is 254 Å². The second kappa shape index (κ2) is 56.5. The molecule has 0 radical (unpaired) electrons. The number of esters is 1. The highest BCUT2D eigenvalue weighted by molar-refractivity contribution is 7.45. The van der Waals surface area contributed by atoms with Crippen LogP contribution >= 0.6 is 7.82 Å². The van der Waals surface area contributed by atoms with Crippen molar-refractivity contribution in [2.24, 2.45) is 0 Å². The van der Waals surface area contributed by atoms with E-state index in [0.29, 0.717) is 17.4 Å². The van der Waals surface area contributed by atoms with Crippen LogP contribution in [-0.4, -0.2) is 69.4 Å². The molecule has 0 heterocycles. The first-order valence-corrected chi connectivity index (χ1v) is 33.4. The van der Waals surface area contributed by atoms with E-state index >= 15 is 0 Å². The smallest absolute Gasteiger partial charge is 0.306 e. The van der Waals surface area contributed by atoms with Crippen LogP contribution in [0.2, 0.25) is 0 Å². The fourth-order valence-electron chi connectivity index (χ4n) is 8.91. The standard InChI is InChI=1S/C67H121N2O7P/c1-7-10-13-16-19-22-25-27-29-31-32-33-34-35-36-38-40-42-45-48-51-54-57-60-67(71)76-65(58-55-52-49-46-43-24-21-18-15-12-9-3)64(63-75-77(72,73)74-62-61-69(4,5)6)68-66(70)59-56-53-50-47-44-41-39-37-30-28-26-23-20-17-14-11-8-2/h11,14,20,23,27-30,39,41,47,50,55,58,64-65H,7-10,12-13,15-19,21-22,24-26,31-38,40,42-46,48-49,51-54,56-57,59-63H2,1-6H3,(H-,68,70,72,73)/b14-11-,23-20-,29-27+,30-28-,41-39-,50-47-,58-55-. The van der Waals surface area contributed by atoms with Gasteiger partial charge in [0.1, 0.15) is 19.3 Å². The molecule has 3 atom stereocenters. The number of carbonyl (C=O) groups excluding carboxylic acids is 2. The van der Waals surface area contributed by atoms with Crippen LogP contribution in [0.4, 0.5) is 0 Å². The van der Waals surface area contributed by atoms with Crippen LogP contribution in [0.5, 0.6) is 0 Å². The lowest BCUT2D eigenvalue weighted by Gasteiger charge is -2.30. The summed E-state index contributed by atoms with van der Waals surface area (Å²) in [5.41, 5.74) is 0. The van der Waals surface area contributed by atoms with Gasteiger partial charge in [0.25, 0.3) is 7.82 Å². The van der Waals surface area contributed by atoms with Gasteiger partial charge in [0, 0.05) is 12.8 Å². The lowest BCUT2D eigenvalue weighted by molar-refractivity contribution is -0.870. The number of hydrogen-bond donors (Lipinski definition) is 1. The minimum Gasteiger partial charge on any atom is -0.756 e. The van der Waals surface area contributed by atoms with Crippen LogP contribution in [0.3, 0.4) is 0 Å². The summed E-state index contributed by atoms with van der Waals surface area (Å²) < 4.78 is 30.3. The average Bonchev–Trinajstić information content (AvgIpc) is 3.39. The van der Waals surface area contributed by atoms with E-state index in [2.05, 4.69) is 99.0 Å². The molecule has 0 aliphatic rings. The SMILES string of the molecule is CC/C=C\C/C=C\C/C=C\C/C=C\C/C=C\CCCC(=O)NC(COP(=O)([O-])OCC[N+](C)(C)C)C(/C=C\CCCCCCCCCCC)OC(=O)CCCCCCCCCCCCCCC/C=C/CCCCCCCC. The first kappa shape index (κ1) is 74.2. The fraction of sp³-hybridized carbons (Fsp3) is 0.761. The Morgan fingerprint density at radius 2 is 0.844 bits per heavy atom. The minimum absolute atomic E-state index is 0.0355. The number of unbranched alkanes of at least 4 members (excludes halogenated alkanes) is 29. The number of carbonyl (C=O) groups is 2. The monoisotopic (exact) mass is 1100 g/mol. The molecule has 10 heteroatoms. The molecule has 0 fully saturated rings. The highest BCUT2D eigenvalue weighted by Gasteiger charge is 2.27. The number of allylic oxidation sites excluding steroid dienone is 13. The van der Waals surface area contributed by atoms with Crippen molar-refractivity contribution >= 4 is 19.7 Å². The van der Waals surface area contributed by atoms with E-state index in [9.17, 15) is 19.0 Å². The van der Waals surface area contributed by atoms with Crippen molar-refractivity contribution in [1.82, 2.24) is 5.32 Å². The van der Waals surface area contributed by atoms with Crippen LogP contribution in [-0.2, 0) is 27.9 Å². The first-order valence-electron chi connectivity index (χ1n) is 31.9. The van der Waals surface area contributed by atoms with E-state index in [0.717, 1.165) is 77.0 Å². The number of amides is 1. The molecule has 0 bridgehead atoms. The number of ether oxygens (including phenoxy) is 1. The molecule has 0 rings (SSSR count). The molecule has 0 saturated carbocycles. The molecule has 0 aromatic carbocycles. The third-order valence-corrected chi connectivity index (χ3v) is 14.8. The van der Waals surface area contributed by atoms with Crippen molar-refractivity contribution in [3.63, 3.8) is 0 Å². The number of phosphoric acid groups is 1. The van der Waals surface area contributed by atoms with Crippen molar-refractivity contribution in [3.05, 3.63) is 85.1 Å². The lowest BCUT2D eigenvalue weighted by atomic mass is 10.0. The Bertz CT molecular complexity index is 1590. The normalized spacial score (nSPS) is 14.2. The van der Waals surface area contributed by atoms with Crippen molar-refractivity contribution in [3.8, 4) is 0 Å². The van der Waals surface area contributed by atoms with Crippen molar-refractivity contribution in [2.45, 2.75) is 290 Å². The molecule has 0 spiro atoms. The summed E-state index contributed by atoms with van der Waals surface area (Å²) in [6.45, 7) is 6.68. The average molecular weight is 1100 g/mol. The number of nitrogens with one attached hydrogen (secondary N) is 1. The van der Waals surface area contributed by atoms with Gasteiger partial charge in [-0.15, -0.1) is 0 Å². The third kappa shape index (κ3) is 57.7. The van der Waals surface area contributed by atoms with Gasteiger partial charge in [0.2, 0.25) is 5.91 Å². The fourth-order valence-corrected chi connectivity index (χ4v) is 9.63. The van der Waals surface area contributed by atoms with Crippen molar-refractivity contribution in [2.75, 3.05) is 40.9 Å². The molecule has 77 heavy (non-hydrogen) atoms. The molecule has 0 aromatic heterocycles. The Morgan fingerprint density at radius 3 is 1.29 bits per heavy atom. The Hall–Kier alpha value is -2.81. The van der Waals surface area contributed by atoms with E-state index in [1.807, 2.05) is 33.3 Å². The maximum absolute atomic E-state index is 13.5. The summed E-state index contributed by atoms with van der Waals surface area (Å²) in [4.78, 5) is 40.0. The van der Waals surface area contributed by atoms with Crippen LogP contribution < -0.4 is 10.2 Å². The molecule has 0 aliphatic carbocycles. The molecule has 1 amide bonds. The van der Waals surface area contributed by atoms with E-state index in [1.165, 1.54) is 161 Å². The van der Waals surface area contributed by atoms with Crippen LogP contribution in [0.1, 0.15) is 278 Å². The Labute approximate surface area is 476 Å². The molecule has 1 N–H and O–H groups in total. The Balaban J connectivity index is 5.20. The summed E-state index contributed by atoms with van der Waals surface area (Å²) in [7, 11) is 1.14. The summed E-state index contributed by atoms with van der Waals surface area (Å²) in [5.74, 6) is -0.608. The number of nitrogens with zero attached hydrogens (tertiary/aromatic N) is 1. The Kier molecular flexibility index (Phi) is 54.4. The maximum atomic E-state index is 13.5. The summed E-state index contributed by atoms with van der Waals surface area (Å²) in [6.07, 6.45) is 74.3. The molecule has 3 unspecified atom stereocenters. The molecule has 0 aromatic rings. The van der Waals surface area contributed by atoms with Gasteiger partial charge in [-0.05, 0) is 96.0 Å². The van der Waals surface area contributed by atoms with Gasteiger partial charge in [-0.25, -0.2) is 0 Å². The zero-order chi connectivity index (χ0) is 56.4. The van der Waals surface area contributed by atoms with Gasteiger partial charge in [0.05, 0.1) is 33.8 Å². The number of quaternary nitrogens is 1. The van der Waals surface area contributed by atoms with E-state index in [-0.39, 0.29) is 31.3 Å². The Morgan fingerprint density at radius 1 is 0.468 bits per heavy atom. The zero-order valence-electron chi connectivity index (χ0n) is 50.9. The predicted molar refractivity (Wildman–Crippen MR) is 330 cm³/mol. The van der Waals surface area contributed by atoms with Crippen molar-refractivity contribution < 1.29 is 37.3 Å². The quantitative estimate of drug-likeness (QED) is 0.0212. The number of phosphoric ester groups is 1. The van der Waals surface area contributed by atoms with Crippen molar-refractivity contribution in [1.29, 1.82) is 0 Å². The predicted octanol–water partition coefficient (Wildman–Crippen LogP) is 19.1. The lowest BCUT2D eigenvalue weighted by Crippen LogP contribution is -2.47. The summed E-state index contributed by atoms with van der Waals surface area (Å²) >= 11 is 0. The first-order chi connectivity index (χ1) is 37.4. The molecular weight excluding hydrogens is 976 g/mol. The highest BCUT2D eigenvalue weighted by atomic mass is 31.2. The van der Waals surface area contributed by atoms with Gasteiger partial charge in [-0.3, -0.25) is 14.2 Å². The van der Waals surface area contributed by atoms with Crippen LogP contribution in [0, 0.1) is 0 Å². The van der Waals surface area contributed by atoms with Gasteiger partial charge in [-0.2, -0.15) is 0 Å². The van der Waals surface area contributed by atoms with E-state index in [1.54, 1.807) is 0 Å². The number of rotatable bonds is 57. The van der Waals surface area contributed by atoms with Gasteiger partial charge < -0.3 is 28.5 Å². The molecule has 446 valence electrons. The van der Waals surface area contributed by atoms with Crippen LogP contribution in [0.15, 0.2) is 85.1 Å². The summed E-state index contributed by atoms with van der Waals surface area (Å²) in [5, 5.41) is 2.99. The largest absolute Gasteiger partial charge is 0.756 e. The summed E-state index contributed by atoms with van der Waals surface area (Å²) in [6, 6.07) is -0.921. The topological polar surface area (TPSA) is 114 Å². The van der Waals surface area contributed by atoms with Gasteiger partial charge in [0.15, 0.2) is 0 Å². The van der Waals surface area contributed by atoms with Crippen LogP contribution in [0.25, 0.3) is 0 Å². The van der Waals surface area contributed by atoms with E-state index in [4.69, 9.17) is 13.8 Å². The second-order valence-electron chi connectivity index (χ2n) is 22.5. The maximum Gasteiger partial charge on any atom is 0.306 e. The van der Waals surface area contributed by atoms with Gasteiger partial charge >= 0.3 is 5.97 Å². The minimum atomic E-state index is -4.72. The second-order valence-corrected chi connectivity index (χ2v) is 23.9.